The molecule has 0 aliphatic rings. The van der Waals surface area contributed by atoms with Crippen LogP contribution in [0.25, 0.3) is 0 Å². The van der Waals surface area contributed by atoms with Gasteiger partial charge in [-0.05, 0) is 55.4 Å². The quantitative estimate of drug-likeness (QED) is 0.560. The second-order valence-corrected chi connectivity index (χ2v) is 6.24. The molecule has 0 N–H and O–H groups in total. The van der Waals surface area contributed by atoms with Gasteiger partial charge in [0.2, 0.25) is 0 Å². The molecule has 0 aromatic carbocycles. The van der Waals surface area contributed by atoms with Crippen LogP contribution in [0, 0.1) is 0 Å². The van der Waals surface area contributed by atoms with E-state index >= 15 is 0 Å². The van der Waals surface area contributed by atoms with Gasteiger partial charge in [-0.2, -0.15) is 0 Å². The Morgan fingerprint density at radius 1 is 1.12 bits per heavy atom. The van der Waals surface area contributed by atoms with Gasteiger partial charge in [-0.15, -0.1) is 0 Å². The van der Waals surface area contributed by atoms with Gasteiger partial charge in [-0.25, -0.2) is 4.79 Å². The van der Waals surface area contributed by atoms with E-state index in [1.165, 1.54) is 0 Å². The van der Waals surface area contributed by atoms with E-state index in [4.69, 9.17) is 4.74 Å². The molecule has 0 spiro atoms. The summed E-state index contributed by atoms with van der Waals surface area (Å²) in [4.78, 5) is 13.8. The Morgan fingerprint density at radius 2 is 1.53 bits per heavy atom. The van der Waals surface area contributed by atoms with E-state index in [2.05, 4.69) is 46.4 Å². The largest absolute Gasteiger partial charge is 0.463 e. The van der Waals surface area contributed by atoms with Crippen LogP contribution < -0.4 is 0 Å². The van der Waals surface area contributed by atoms with E-state index < -0.39 is 0 Å². The minimum Gasteiger partial charge on any atom is -0.463 e. The summed E-state index contributed by atoms with van der Waals surface area (Å²) < 4.78 is 5.00. The van der Waals surface area contributed by atoms with Gasteiger partial charge in [0.1, 0.15) is 0 Å². The first kappa shape index (κ1) is 16.0. The van der Waals surface area contributed by atoms with E-state index in [0.717, 1.165) is 0 Å². The minimum atomic E-state index is -0.244. The molecule has 0 aliphatic heterocycles. The van der Waals surface area contributed by atoms with Crippen LogP contribution in [0.3, 0.4) is 0 Å². The smallest absolute Gasteiger partial charge is 0.335 e. The van der Waals surface area contributed by atoms with Crippen molar-refractivity contribution in [1.29, 1.82) is 0 Å². The molecule has 0 saturated heterocycles. The van der Waals surface area contributed by atoms with Gasteiger partial charge in [0.05, 0.1) is 6.61 Å². The highest BCUT2D eigenvalue weighted by molar-refractivity contribution is 5.87. The van der Waals surface area contributed by atoms with Crippen LogP contribution in [0.4, 0.5) is 0 Å². The molecule has 3 heteroatoms. The second-order valence-electron chi connectivity index (χ2n) is 6.24. The molecule has 0 amide bonds. The second kappa shape index (κ2) is 5.56. The summed E-state index contributed by atoms with van der Waals surface area (Å²) in [6.45, 7) is 16.8. The summed E-state index contributed by atoms with van der Waals surface area (Å²) in [5.74, 6) is -0.244. The van der Waals surface area contributed by atoms with Crippen molar-refractivity contribution in [2.24, 2.45) is 0 Å². The molecule has 0 saturated carbocycles. The van der Waals surface area contributed by atoms with Crippen molar-refractivity contribution in [3.05, 3.63) is 11.8 Å². The fraction of sp³-hybridized carbons (Fsp3) is 0.786. The molecule has 0 aliphatic carbocycles. The third-order valence-corrected chi connectivity index (χ3v) is 2.37. The van der Waals surface area contributed by atoms with E-state index in [9.17, 15) is 4.79 Å². The fourth-order valence-electron chi connectivity index (χ4n) is 1.88. The van der Waals surface area contributed by atoms with Crippen LogP contribution in [0.2, 0.25) is 0 Å². The predicted molar refractivity (Wildman–Crippen MR) is 71.7 cm³/mol. The maximum atomic E-state index is 11.6. The maximum absolute atomic E-state index is 11.6. The van der Waals surface area contributed by atoms with Crippen molar-refractivity contribution < 1.29 is 9.53 Å². The van der Waals surface area contributed by atoms with Crippen LogP contribution in [-0.4, -0.2) is 28.6 Å². The number of ether oxygens (including phenoxy) is 1. The lowest BCUT2D eigenvalue weighted by molar-refractivity contribution is -0.138. The lowest BCUT2D eigenvalue weighted by atomic mass is 9.96. The van der Waals surface area contributed by atoms with Gasteiger partial charge in [0, 0.05) is 22.9 Å². The number of nitrogens with zero attached hydrogens (tertiary/aromatic N) is 1. The molecular weight excluding hydrogens is 214 g/mol. The summed E-state index contributed by atoms with van der Waals surface area (Å²) in [6, 6.07) is 0. The highest BCUT2D eigenvalue weighted by Crippen LogP contribution is 2.26. The number of hydrogen-bond acceptors (Lipinski definition) is 3. The molecule has 0 radical (unpaired) electrons. The lowest BCUT2D eigenvalue weighted by Crippen LogP contribution is -2.49. The number of esters is 1. The monoisotopic (exact) mass is 241 g/mol. The van der Waals surface area contributed by atoms with Crippen LogP contribution in [0.5, 0.6) is 0 Å². The van der Waals surface area contributed by atoms with E-state index in [1.807, 2.05) is 13.1 Å². The molecule has 17 heavy (non-hydrogen) atoms. The Morgan fingerprint density at radius 3 is 1.82 bits per heavy atom. The summed E-state index contributed by atoms with van der Waals surface area (Å²) in [7, 11) is 0. The number of carbonyl (C=O) groups excluding carboxylic acids is 1. The molecular formula is C14H27NO2. The summed E-state index contributed by atoms with van der Waals surface area (Å²) in [5.41, 5.74) is 0.564. The molecule has 0 aromatic heterocycles. The SMILES string of the molecule is CCOC(=O)/C(C)=C/N(C(C)(C)C)C(C)(C)C. The van der Waals surface area contributed by atoms with E-state index in [0.29, 0.717) is 12.2 Å². The van der Waals surface area contributed by atoms with Crippen LogP contribution >= 0.6 is 0 Å². The van der Waals surface area contributed by atoms with E-state index in [-0.39, 0.29) is 17.0 Å². The lowest BCUT2D eigenvalue weighted by Gasteiger charge is -2.45. The van der Waals surface area contributed by atoms with Gasteiger partial charge in [-0.3, -0.25) is 0 Å². The standard InChI is InChI=1S/C14H27NO2/c1-9-17-12(16)11(2)10-15(13(3,4)5)14(6,7)8/h10H,9H2,1-8H3/b11-10+. The van der Waals surface area contributed by atoms with Crippen molar-refractivity contribution in [3.63, 3.8) is 0 Å². The maximum Gasteiger partial charge on any atom is 0.335 e. The van der Waals surface area contributed by atoms with Gasteiger partial charge in [0.25, 0.3) is 0 Å². The Balaban J connectivity index is 5.12. The Labute approximate surface area is 106 Å². The Bertz CT molecular complexity index is 278. The molecule has 3 nitrogen and oxygen atoms in total. The summed E-state index contributed by atoms with van der Waals surface area (Å²) in [5, 5.41) is 0. The third kappa shape index (κ3) is 5.24. The predicted octanol–water partition coefficient (Wildman–Crippen LogP) is 3.35. The van der Waals surface area contributed by atoms with Crippen molar-refractivity contribution in [3.8, 4) is 0 Å². The van der Waals surface area contributed by atoms with Crippen molar-refractivity contribution >= 4 is 5.97 Å². The zero-order valence-electron chi connectivity index (χ0n) is 12.5. The highest BCUT2D eigenvalue weighted by Gasteiger charge is 2.29. The first-order chi connectivity index (χ1) is 7.50. The van der Waals surface area contributed by atoms with Gasteiger partial charge in [-0.1, -0.05) is 0 Å². The Hall–Kier alpha value is -0.990. The molecule has 0 atom stereocenters. The molecule has 0 heterocycles. The zero-order valence-corrected chi connectivity index (χ0v) is 12.5. The average Bonchev–Trinajstić information content (AvgIpc) is 2.10. The Kier molecular flexibility index (Phi) is 5.24. The number of carbonyl (C=O) groups is 1. The molecule has 100 valence electrons. The molecule has 0 unspecified atom stereocenters. The summed E-state index contributed by atoms with van der Waals surface area (Å²) >= 11 is 0. The minimum absolute atomic E-state index is 0.0357. The normalized spacial score (nSPS) is 13.5. The van der Waals surface area contributed by atoms with Crippen molar-refractivity contribution in [2.75, 3.05) is 6.61 Å². The van der Waals surface area contributed by atoms with Crippen molar-refractivity contribution in [1.82, 2.24) is 4.90 Å². The fourth-order valence-corrected chi connectivity index (χ4v) is 1.88. The van der Waals surface area contributed by atoms with Crippen LogP contribution in [0.15, 0.2) is 11.8 Å². The summed E-state index contributed by atoms with van der Waals surface area (Å²) in [6.07, 6.45) is 1.90. The number of rotatable bonds is 3. The van der Waals surface area contributed by atoms with E-state index in [1.54, 1.807) is 6.92 Å². The first-order valence-electron chi connectivity index (χ1n) is 6.15. The zero-order chi connectivity index (χ0) is 13.9. The topological polar surface area (TPSA) is 29.5 Å². The van der Waals surface area contributed by atoms with Gasteiger partial charge >= 0.3 is 5.97 Å². The van der Waals surface area contributed by atoms with Gasteiger partial charge in [0.15, 0.2) is 0 Å². The van der Waals surface area contributed by atoms with Crippen LogP contribution in [0.1, 0.15) is 55.4 Å². The first-order valence-corrected chi connectivity index (χ1v) is 6.15. The molecule has 0 fully saturated rings. The molecule has 0 rings (SSSR count). The van der Waals surface area contributed by atoms with Gasteiger partial charge < -0.3 is 9.64 Å². The molecule has 0 aromatic rings. The third-order valence-electron chi connectivity index (χ3n) is 2.37. The highest BCUT2D eigenvalue weighted by atomic mass is 16.5. The number of hydrogen-bond donors (Lipinski definition) is 0. The average molecular weight is 241 g/mol. The van der Waals surface area contributed by atoms with Crippen molar-refractivity contribution in [2.45, 2.75) is 66.5 Å². The molecule has 0 bridgehead atoms. The van der Waals surface area contributed by atoms with Crippen LogP contribution in [-0.2, 0) is 9.53 Å².